The van der Waals surface area contributed by atoms with Gasteiger partial charge in [0.2, 0.25) is 0 Å². The molecule has 0 unspecified atom stereocenters. The predicted octanol–water partition coefficient (Wildman–Crippen LogP) is 5.53. The SMILES string of the molecule is Cc1cccc2c3c(n(Cc4ccc(Cl)cc4)c12)CCCC3. The van der Waals surface area contributed by atoms with Crippen molar-refractivity contribution >= 4 is 22.5 Å². The molecule has 0 fully saturated rings. The summed E-state index contributed by atoms with van der Waals surface area (Å²) in [4.78, 5) is 0. The molecule has 0 radical (unpaired) electrons. The molecule has 1 aliphatic rings. The molecule has 0 amide bonds. The summed E-state index contributed by atoms with van der Waals surface area (Å²) in [6.07, 6.45) is 5.06. The first kappa shape index (κ1) is 13.9. The second-order valence-electron chi connectivity index (χ2n) is 6.32. The second kappa shape index (κ2) is 5.48. The molecule has 1 aliphatic carbocycles. The topological polar surface area (TPSA) is 4.93 Å². The van der Waals surface area contributed by atoms with E-state index >= 15 is 0 Å². The summed E-state index contributed by atoms with van der Waals surface area (Å²) in [5, 5.41) is 2.27. The zero-order valence-electron chi connectivity index (χ0n) is 12.9. The van der Waals surface area contributed by atoms with E-state index in [1.807, 2.05) is 12.1 Å². The first-order valence-corrected chi connectivity index (χ1v) is 8.46. The summed E-state index contributed by atoms with van der Waals surface area (Å²) in [7, 11) is 0. The average molecular weight is 310 g/mol. The van der Waals surface area contributed by atoms with Crippen molar-refractivity contribution in [3.63, 3.8) is 0 Å². The van der Waals surface area contributed by atoms with E-state index in [4.69, 9.17) is 11.6 Å². The summed E-state index contributed by atoms with van der Waals surface area (Å²) in [5.74, 6) is 0. The van der Waals surface area contributed by atoms with Crippen LogP contribution in [0.25, 0.3) is 10.9 Å². The molecule has 3 aromatic rings. The van der Waals surface area contributed by atoms with Gasteiger partial charge in [-0.25, -0.2) is 0 Å². The van der Waals surface area contributed by atoms with Crippen LogP contribution in [0, 0.1) is 6.92 Å². The Hall–Kier alpha value is -1.73. The van der Waals surface area contributed by atoms with E-state index in [-0.39, 0.29) is 0 Å². The molecule has 0 N–H and O–H groups in total. The monoisotopic (exact) mass is 309 g/mol. The van der Waals surface area contributed by atoms with Gasteiger partial charge in [0.05, 0.1) is 5.52 Å². The molecule has 0 aliphatic heterocycles. The van der Waals surface area contributed by atoms with E-state index in [2.05, 4.69) is 41.8 Å². The highest BCUT2D eigenvalue weighted by Gasteiger charge is 2.20. The highest BCUT2D eigenvalue weighted by molar-refractivity contribution is 6.30. The summed E-state index contributed by atoms with van der Waals surface area (Å²) in [5.41, 5.74) is 7.24. The van der Waals surface area contributed by atoms with Crippen molar-refractivity contribution in [1.29, 1.82) is 0 Å². The van der Waals surface area contributed by atoms with Gasteiger partial charge in [-0.3, -0.25) is 0 Å². The first-order chi connectivity index (χ1) is 10.7. The van der Waals surface area contributed by atoms with Crippen LogP contribution in [0.4, 0.5) is 0 Å². The molecular weight excluding hydrogens is 290 g/mol. The molecule has 4 rings (SSSR count). The summed E-state index contributed by atoms with van der Waals surface area (Å²) in [6, 6.07) is 15.0. The third-order valence-corrected chi connectivity index (χ3v) is 5.10. The number of aryl methyl sites for hydroxylation is 2. The zero-order chi connectivity index (χ0) is 15.1. The minimum Gasteiger partial charge on any atom is -0.340 e. The quantitative estimate of drug-likeness (QED) is 0.586. The van der Waals surface area contributed by atoms with Gasteiger partial charge >= 0.3 is 0 Å². The lowest BCUT2D eigenvalue weighted by Crippen LogP contribution is -2.09. The fraction of sp³-hybridized carbons (Fsp3) is 0.300. The van der Waals surface area contributed by atoms with Crippen molar-refractivity contribution in [2.75, 3.05) is 0 Å². The molecule has 2 aromatic carbocycles. The van der Waals surface area contributed by atoms with Gasteiger partial charge in [0, 0.05) is 22.6 Å². The van der Waals surface area contributed by atoms with Crippen molar-refractivity contribution in [2.24, 2.45) is 0 Å². The van der Waals surface area contributed by atoms with Crippen molar-refractivity contribution in [3.8, 4) is 0 Å². The minimum absolute atomic E-state index is 0.805. The zero-order valence-corrected chi connectivity index (χ0v) is 13.7. The fourth-order valence-electron chi connectivity index (χ4n) is 3.82. The second-order valence-corrected chi connectivity index (χ2v) is 6.75. The van der Waals surface area contributed by atoms with Crippen LogP contribution >= 0.6 is 11.6 Å². The normalized spacial score (nSPS) is 14.3. The van der Waals surface area contributed by atoms with Crippen LogP contribution in [-0.2, 0) is 19.4 Å². The van der Waals surface area contributed by atoms with Gasteiger partial charge in [-0.05, 0) is 61.4 Å². The molecule has 1 nitrogen and oxygen atoms in total. The van der Waals surface area contributed by atoms with Crippen molar-refractivity contribution in [2.45, 2.75) is 39.2 Å². The lowest BCUT2D eigenvalue weighted by atomic mass is 9.95. The standard InChI is InChI=1S/C20H20ClN/c1-14-5-4-7-18-17-6-2-3-8-19(17)22(20(14)18)13-15-9-11-16(21)12-10-15/h4-5,7,9-12H,2-3,6,8,13H2,1H3. The Morgan fingerprint density at radius 3 is 2.59 bits per heavy atom. The van der Waals surface area contributed by atoms with Gasteiger partial charge in [0.25, 0.3) is 0 Å². The largest absolute Gasteiger partial charge is 0.340 e. The van der Waals surface area contributed by atoms with Crippen molar-refractivity contribution in [1.82, 2.24) is 4.57 Å². The van der Waals surface area contributed by atoms with E-state index in [1.54, 1.807) is 11.3 Å². The van der Waals surface area contributed by atoms with Gasteiger partial charge in [-0.15, -0.1) is 0 Å². The number of nitrogens with zero attached hydrogens (tertiary/aromatic N) is 1. The number of hydrogen-bond donors (Lipinski definition) is 0. The molecule has 112 valence electrons. The Balaban J connectivity index is 1.90. The Labute approximate surface area is 136 Å². The van der Waals surface area contributed by atoms with Gasteiger partial charge in [0.15, 0.2) is 0 Å². The average Bonchev–Trinajstić information content (AvgIpc) is 2.86. The van der Waals surface area contributed by atoms with Gasteiger partial charge < -0.3 is 4.57 Å². The Kier molecular flexibility index (Phi) is 3.46. The van der Waals surface area contributed by atoms with Crippen LogP contribution in [0.1, 0.15) is 35.2 Å². The molecule has 22 heavy (non-hydrogen) atoms. The first-order valence-electron chi connectivity index (χ1n) is 8.08. The van der Waals surface area contributed by atoms with E-state index < -0.39 is 0 Å². The van der Waals surface area contributed by atoms with E-state index in [1.165, 1.54) is 47.7 Å². The van der Waals surface area contributed by atoms with Gasteiger partial charge in [-0.1, -0.05) is 41.9 Å². The number of para-hydroxylation sites is 1. The third kappa shape index (κ3) is 2.24. The maximum atomic E-state index is 6.02. The summed E-state index contributed by atoms with van der Waals surface area (Å²) in [6.45, 7) is 3.17. The van der Waals surface area contributed by atoms with Gasteiger partial charge in [0.1, 0.15) is 0 Å². The van der Waals surface area contributed by atoms with Gasteiger partial charge in [-0.2, -0.15) is 0 Å². The summed E-state index contributed by atoms with van der Waals surface area (Å²) >= 11 is 6.02. The predicted molar refractivity (Wildman–Crippen MR) is 93.9 cm³/mol. The lowest BCUT2D eigenvalue weighted by molar-refractivity contribution is 0.637. The van der Waals surface area contributed by atoms with Crippen molar-refractivity contribution < 1.29 is 0 Å². The molecule has 0 bridgehead atoms. The fourth-order valence-corrected chi connectivity index (χ4v) is 3.95. The third-order valence-electron chi connectivity index (χ3n) is 4.85. The molecular formula is C20H20ClN. The molecule has 1 heterocycles. The maximum absolute atomic E-state index is 6.02. The smallest absolute Gasteiger partial charge is 0.0518 e. The van der Waals surface area contributed by atoms with Crippen LogP contribution < -0.4 is 0 Å². The molecule has 0 atom stereocenters. The van der Waals surface area contributed by atoms with E-state index in [9.17, 15) is 0 Å². The van der Waals surface area contributed by atoms with Crippen LogP contribution in [0.5, 0.6) is 0 Å². The van der Waals surface area contributed by atoms with Crippen molar-refractivity contribution in [3.05, 3.63) is 69.9 Å². The van der Waals surface area contributed by atoms with E-state index in [0.717, 1.165) is 11.6 Å². The molecule has 1 aromatic heterocycles. The van der Waals surface area contributed by atoms with E-state index in [0.29, 0.717) is 0 Å². The Bertz CT molecular complexity index is 827. The van der Waals surface area contributed by atoms with Crippen LogP contribution in [-0.4, -0.2) is 4.57 Å². The number of hydrogen-bond acceptors (Lipinski definition) is 0. The maximum Gasteiger partial charge on any atom is 0.0518 e. The number of fused-ring (bicyclic) bond motifs is 3. The highest BCUT2D eigenvalue weighted by atomic mass is 35.5. The number of rotatable bonds is 2. The molecule has 2 heteroatoms. The molecule has 0 saturated carbocycles. The lowest BCUT2D eigenvalue weighted by Gasteiger charge is -2.16. The number of benzene rings is 2. The minimum atomic E-state index is 0.805. The number of halogens is 1. The number of aromatic nitrogens is 1. The van der Waals surface area contributed by atoms with Crippen LogP contribution in [0.2, 0.25) is 5.02 Å². The summed E-state index contributed by atoms with van der Waals surface area (Å²) < 4.78 is 2.54. The molecule has 0 spiro atoms. The molecule has 0 saturated heterocycles. The highest BCUT2D eigenvalue weighted by Crippen LogP contribution is 2.34. The van der Waals surface area contributed by atoms with Crippen LogP contribution in [0.3, 0.4) is 0 Å². The Morgan fingerprint density at radius 2 is 1.77 bits per heavy atom. The van der Waals surface area contributed by atoms with Crippen LogP contribution in [0.15, 0.2) is 42.5 Å². The Morgan fingerprint density at radius 1 is 1.00 bits per heavy atom.